The van der Waals surface area contributed by atoms with Gasteiger partial charge in [0.25, 0.3) is 0 Å². The molecule has 2 fully saturated rings. The SMILES string of the molecule is C=C(C)C12CC(C)CC(CC(CC)C1)C2. The van der Waals surface area contributed by atoms with Crippen molar-refractivity contribution in [2.24, 2.45) is 23.2 Å². The zero-order chi connectivity index (χ0) is 11.1. The van der Waals surface area contributed by atoms with Gasteiger partial charge in [-0.05, 0) is 62.2 Å². The molecule has 0 radical (unpaired) electrons. The monoisotopic (exact) mass is 206 g/mol. The molecule has 0 heterocycles. The third kappa shape index (κ3) is 2.00. The van der Waals surface area contributed by atoms with Gasteiger partial charge in [-0.15, -0.1) is 0 Å². The molecule has 0 heteroatoms. The third-order valence-corrected chi connectivity index (χ3v) is 4.98. The van der Waals surface area contributed by atoms with Gasteiger partial charge in [-0.25, -0.2) is 0 Å². The Bertz CT molecular complexity index is 249. The fourth-order valence-corrected chi connectivity index (χ4v) is 4.33. The molecule has 0 aliphatic heterocycles. The van der Waals surface area contributed by atoms with Gasteiger partial charge in [-0.1, -0.05) is 32.4 Å². The average Bonchev–Trinajstić information content (AvgIpc) is 2.15. The van der Waals surface area contributed by atoms with Crippen LogP contribution >= 0.6 is 0 Å². The van der Waals surface area contributed by atoms with E-state index in [2.05, 4.69) is 27.4 Å². The van der Waals surface area contributed by atoms with Crippen LogP contribution in [0.2, 0.25) is 0 Å². The first-order chi connectivity index (χ1) is 7.05. The van der Waals surface area contributed by atoms with Crippen LogP contribution in [-0.2, 0) is 0 Å². The van der Waals surface area contributed by atoms with E-state index in [0.29, 0.717) is 5.41 Å². The fourth-order valence-electron chi connectivity index (χ4n) is 4.33. The second-order valence-corrected chi connectivity index (χ2v) is 6.39. The highest BCUT2D eigenvalue weighted by Crippen LogP contribution is 2.56. The van der Waals surface area contributed by atoms with Gasteiger partial charge in [-0.2, -0.15) is 0 Å². The second kappa shape index (κ2) is 3.96. The molecule has 0 spiro atoms. The van der Waals surface area contributed by atoms with Crippen molar-refractivity contribution < 1.29 is 0 Å². The summed E-state index contributed by atoms with van der Waals surface area (Å²) in [4.78, 5) is 0. The summed E-state index contributed by atoms with van der Waals surface area (Å²) in [6.07, 6.45) is 8.64. The van der Waals surface area contributed by atoms with Crippen LogP contribution in [0, 0.1) is 23.2 Å². The lowest BCUT2D eigenvalue weighted by atomic mass is 9.54. The van der Waals surface area contributed by atoms with Crippen LogP contribution in [0.15, 0.2) is 12.2 Å². The molecule has 0 amide bonds. The lowest BCUT2D eigenvalue weighted by molar-refractivity contribution is 0.0401. The number of fused-ring (bicyclic) bond motifs is 2. The standard InChI is InChI=1S/C15H26/c1-5-13-7-14-6-12(4)8-15(9-13,10-14)11(2)3/h12-14H,2,5-10H2,1,3-4H3. The minimum atomic E-state index is 0.529. The molecule has 4 unspecified atom stereocenters. The minimum absolute atomic E-state index is 0.529. The van der Waals surface area contributed by atoms with E-state index in [-0.39, 0.29) is 0 Å². The summed E-state index contributed by atoms with van der Waals surface area (Å²) < 4.78 is 0. The van der Waals surface area contributed by atoms with Crippen molar-refractivity contribution in [2.75, 3.05) is 0 Å². The van der Waals surface area contributed by atoms with Crippen LogP contribution in [0.25, 0.3) is 0 Å². The summed E-state index contributed by atoms with van der Waals surface area (Å²) in [5.74, 6) is 2.91. The molecule has 2 aliphatic carbocycles. The molecule has 15 heavy (non-hydrogen) atoms. The van der Waals surface area contributed by atoms with Gasteiger partial charge in [0.2, 0.25) is 0 Å². The summed E-state index contributed by atoms with van der Waals surface area (Å²) >= 11 is 0. The summed E-state index contributed by atoms with van der Waals surface area (Å²) in [6.45, 7) is 11.4. The summed E-state index contributed by atoms with van der Waals surface area (Å²) in [5.41, 5.74) is 2.00. The maximum Gasteiger partial charge on any atom is -0.00857 e. The summed E-state index contributed by atoms with van der Waals surface area (Å²) in [6, 6.07) is 0. The van der Waals surface area contributed by atoms with Crippen molar-refractivity contribution in [3.05, 3.63) is 12.2 Å². The van der Waals surface area contributed by atoms with Crippen LogP contribution < -0.4 is 0 Å². The molecule has 2 bridgehead atoms. The summed E-state index contributed by atoms with van der Waals surface area (Å²) in [7, 11) is 0. The Morgan fingerprint density at radius 3 is 2.60 bits per heavy atom. The molecule has 0 aromatic heterocycles. The topological polar surface area (TPSA) is 0 Å². The van der Waals surface area contributed by atoms with Crippen LogP contribution in [0.4, 0.5) is 0 Å². The number of allylic oxidation sites excluding steroid dienone is 1. The van der Waals surface area contributed by atoms with Crippen LogP contribution in [0.1, 0.15) is 59.3 Å². The van der Waals surface area contributed by atoms with Crippen LogP contribution in [0.5, 0.6) is 0 Å². The molecule has 86 valence electrons. The molecule has 2 rings (SSSR count). The largest absolute Gasteiger partial charge is 0.0996 e. The van der Waals surface area contributed by atoms with E-state index >= 15 is 0 Å². The zero-order valence-corrected chi connectivity index (χ0v) is 10.7. The van der Waals surface area contributed by atoms with E-state index < -0.39 is 0 Å². The molecule has 0 saturated heterocycles. The Morgan fingerprint density at radius 1 is 1.27 bits per heavy atom. The number of hydrogen-bond acceptors (Lipinski definition) is 0. The Labute approximate surface area is 95.1 Å². The first-order valence-electron chi connectivity index (χ1n) is 6.71. The first-order valence-corrected chi connectivity index (χ1v) is 6.71. The highest BCUT2D eigenvalue weighted by Gasteiger charge is 2.44. The predicted octanol–water partition coefficient (Wildman–Crippen LogP) is 4.81. The zero-order valence-electron chi connectivity index (χ0n) is 10.7. The highest BCUT2D eigenvalue weighted by atomic mass is 14.5. The molecule has 0 aromatic carbocycles. The van der Waals surface area contributed by atoms with Gasteiger partial charge in [0, 0.05) is 0 Å². The number of hydrogen-bond donors (Lipinski definition) is 0. The van der Waals surface area contributed by atoms with Crippen molar-refractivity contribution >= 4 is 0 Å². The lowest BCUT2D eigenvalue weighted by Crippen LogP contribution is -2.40. The van der Waals surface area contributed by atoms with Crippen molar-refractivity contribution in [3.8, 4) is 0 Å². The molecule has 0 N–H and O–H groups in total. The Kier molecular flexibility index (Phi) is 2.96. The van der Waals surface area contributed by atoms with E-state index in [9.17, 15) is 0 Å². The fraction of sp³-hybridized carbons (Fsp3) is 0.867. The van der Waals surface area contributed by atoms with Gasteiger partial charge in [-0.3, -0.25) is 0 Å². The molecule has 0 nitrogen and oxygen atoms in total. The number of rotatable bonds is 2. The maximum absolute atomic E-state index is 4.29. The highest BCUT2D eigenvalue weighted by molar-refractivity contribution is 5.13. The van der Waals surface area contributed by atoms with Crippen molar-refractivity contribution in [1.82, 2.24) is 0 Å². The Balaban J connectivity index is 2.21. The summed E-state index contributed by atoms with van der Waals surface area (Å²) in [5, 5.41) is 0. The van der Waals surface area contributed by atoms with E-state index in [1.54, 1.807) is 0 Å². The molecule has 2 saturated carbocycles. The average molecular weight is 206 g/mol. The van der Waals surface area contributed by atoms with Gasteiger partial charge >= 0.3 is 0 Å². The van der Waals surface area contributed by atoms with Crippen LogP contribution in [-0.4, -0.2) is 0 Å². The van der Waals surface area contributed by atoms with Crippen molar-refractivity contribution in [3.63, 3.8) is 0 Å². The molecule has 4 atom stereocenters. The first kappa shape index (κ1) is 11.2. The smallest absolute Gasteiger partial charge is 0.00857 e. The molecular formula is C15H26. The minimum Gasteiger partial charge on any atom is -0.0996 e. The van der Waals surface area contributed by atoms with E-state index in [1.807, 2.05) is 0 Å². The van der Waals surface area contributed by atoms with Crippen molar-refractivity contribution in [1.29, 1.82) is 0 Å². The van der Waals surface area contributed by atoms with Crippen molar-refractivity contribution in [2.45, 2.75) is 59.3 Å². The molecular weight excluding hydrogens is 180 g/mol. The van der Waals surface area contributed by atoms with Gasteiger partial charge in [0.05, 0.1) is 0 Å². The van der Waals surface area contributed by atoms with E-state index in [0.717, 1.165) is 17.8 Å². The van der Waals surface area contributed by atoms with Gasteiger partial charge in [0.1, 0.15) is 0 Å². The third-order valence-electron chi connectivity index (χ3n) is 4.98. The maximum atomic E-state index is 4.29. The predicted molar refractivity (Wildman–Crippen MR) is 66.8 cm³/mol. The Hall–Kier alpha value is -0.260. The second-order valence-electron chi connectivity index (χ2n) is 6.39. The molecule has 0 aromatic rings. The normalized spacial score (nSPS) is 45.1. The van der Waals surface area contributed by atoms with Gasteiger partial charge in [0.15, 0.2) is 0 Å². The van der Waals surface area contributed by atoms with Gasteiger partial charge < -0.3 is 0 Å². The lowest BCUT2D eigenvalue weighted by Gasteiger charge is -2.51. The molecule has 2 aliphatic rings. The quantitative estimate of drug-likeness (QED) is 0.569. The van der Waals surface area contributed by atoms with E-state index in [4.69, 9.17) is 0 Å². The van der Waals surface area contributed by atoms with E-state index in [1.165, 1.54) is 44.1 Å². The Morgan fingerprint density at radius 2 is 2.00 bits per heavy atom. The van der Waals surface area contributed by atoms with Crippen LogP contribution in [0.3, 0.4) is 0 Å².